The van der Waals surface area contributed by atoms with Crippen LogP contribution in [0.4, 0.5) is 0 Å². The number of aliphatic hydroxyl groups excluding tert-OH is 1. The van der Waals surface area contributed by atoms with Gasteiger partial charge in [0.2, 0.25) is 5.91 Å². The molecule has 0 saturated heterocycles. The molecule has 0 aliphatic heterocycles. The Bertz CT molecular complexity index is 388. The second-order valence-corrected chi connectivity index (χ2v) is 5.03. The second kappa shape index (κ2) is 5.98. The minimum Gasteiger partial charge on any atom is -0.393 e. The smallest absolute Gasteiger partial charge is 0.237 e. The lowest BCUT2D eigenvalue weighted by atomic mass is 9.82. The van der Waals surface area contributed by atoms with Crippen molar-refractivity contribution in [3.05, 3.63) is 35.9 Å². The third-order valence-electron chi connectivity index (χ3n) is 3.41. The zero-order chi connectivity index (χ0) is 13.0. The lowest BCUT2D eigenvalue weighted by molar-refractivity contribution is -0.122. The Kier molecular flexibility index (Phi) is 4.33. The molecule has 98 valence electrons. The third-order valence-corrected chi connectivity index (χ3v) is 3.41. The molecule has 1 fully saturated rings. The molecule has 0 aromatic heterocycles. The molecule has 1 aromatic rings. The highest BCUT2D eigenvalue weighted by Crippen LogP contribution is 2.26. The summed E-state index contributed by atoms with van der Waals surface area (Å²) in [5.41, 5.74) is 6.93. The maximum absolute atomic E-state index is 11.8. The van der Waals surface area contributed by atoms with E-state index in [1.807, 2.05) is 30.3 Å². The normalized spacial score (nSPS) is 24.1. The van der Waals surface area contributed by atoms with E-state index in [4.69, 9.17) is 10.8 Å². The first-order valence-electron chi connectivity index (χ1n) is 6.40. The van der Waals surface area contributed by atoms with Gasteiger partial charge in [-0.25, -0.2) is 0 Å². The summed E-state index contributed by atoms with van der Waals surface area (Å²) in [5.74, 6) is 0.299. The van der Waals surface area contributed by atoms with Crippen molar-refractivity contribution >= 4 is 5.91 Å². The highest BCUT2D eigenvalue weighted by Gasteiger charge is 2.27. The molecular weight excluding hydrogens is 228 g/mol. The molecule has 1 atom stereocenters. The van der Waals surface area contributed by atoms with Gasteiger partial charge in [-0.3, -0.25) is 4.79 Å². The highest BCUT2D eigenvalue weighted by atomic mass is 16.3. The maximum Gasteiger partial charge on any atom is 0.237 e. The molecule has 2 rings (SSSR count). The van der Waals surface area contributed by atoms with E-state index in [1.165, 1.54) is 0 Å². The van der Waals surface area contributed by atoms with Gasteiger partial charge in [0.15, 0.2) is 0 Å². The fourth-order valence-electron chi connectivity index (χ4n) is 2.20. The molecule has 1 saturated carbocycles. The summed E-state index contributed by atoms with van der Waals surface area (Å²) in [6.45, 7) is 0.623. The highest BCUT2D eigenvalue weighted by molar-refractivity contribution is 5.81. The molecule has 1 amide bonds. The largest absolute Gasteiger partial charge is 0.393 e. The fraction of sp³-hybridized carbons (Fsp3) is 0.500. The predicted molar refractivity (Wildman–Crippen MR) is 69.9 cm³/mol. The van der Waals surface area contributed by atoms with Crippen molar-refractivity contribution in [2.24, 2.45) is 11.7 Å². The average Bonchev–Trinajstić information content (AvgIpc) is 2.34. The number of hydrogen-bond acceptors (Lipinski definition) is 3. The zero-order valence-electron chi connectivity index (χ0n) is 10.4. The quantitative estimate of drug-likeness (QED) is 0.708. The standard InChI is InChI=1S/C14H20N2O2/c15-13(8-10-4-2-1-3-5-10)14(18)16-9-11-6-12(17)7-11/h1-5,11-13,17H,6-9,15H2,(H,16,18). The van der Waals surface area contributed by atoms with Gasteiger partial charge in [0, 0.05) is 6.54 Å². The number of hydrogen-bond donors (Lipinski definition) is 3. The Morgan fingerprint density at radius 3 is 2.67 bits per heavy atom. The van der Waals surface area contributed by atoms with Crippen LogP contribution >= 0.6 is 0 Å². The first-order chi connectivity index (χ1) is 8.65. The Balaban J connectivity index is 1.71. The molecule has 4 heteroatoms. The first kappa shape index (κ1) is 13.1. The molecule has 4 N–H and O–H groups in total. The average molecular weight is 248 g/mol. The Morgan fingerprint density at radius 2 is 2.06 bits per heavy atom. The van der Waals surface area contributed by atoms with Crippen molar-refractivity contribution in [1.29, 1.82) is 0 Å². The van der Waals surface area contributed by atoms with Crippen LogP contribution in [0, 0.1) is 5.92 Å². The Morgan fingerprint density at radius 1 is 1.39 bits per heavy atom. The summed E-state index contributed by atoms with van der Waals surface area (Å²) < 4.78 is 0. The number of nitrogens with one attached hydrogen (secondary N) is 1. The summed E-state index contributed by atoms with van der Waals surface area (Å²) in [6.07, 6.45) is 1.95. The van der Waals surface area contributed by atoms with Crippen molar-refractivity contribution in [1.82, 2.24) is 5.32 Å². The topological polar surface area (TPSA) is 75.4 Å². The molecule has 1 aromatic carbocycles. The van der Waals surface area contributed by atoms with Crippen molar-refractivity contribution in [3.63, 3.8) is 0 Å². The van der Waals surface area contributed by atoms with Crippen molar-refractivity contribution in [3.8, 4) is 0 Å². The predicted octanol–water partition coefficient (Wildman–Crippen LogP) is 0.443. The zero-order valence-corrected chi connectivity index (χ0v) is 10.4. The molecule has 18 heavy (non-hydrogen) atoms. The van der Waals surface area contributed by atoms with Gasteiger partial charge < -0.3 is 16.2 Å². The molecule has 1 aliphatic rings. The molecular formula is C14H20N2O2. The monoisotopic (exact) mass is 248 g/mol. The molecule has 1 aliphatic carbocycles. The van der Waals surface area contributed by atoms with Gasteiger partial charge in [0.1, 0.15) is 0 Å². The van der Waals surface area contributed by atoms with E-state index in [9.17, 15) is 4.79 Å². The summed E-state index contributed by atoms with van der Waals surface area (Å²) in [7, 11) is 0. The van der Waals surface area contributed by atoms with E-state index >= 15 is 0 Å². The molecule has 1 unspecified atom stereocenters. The lowest BCUT2D eigenvalue weighted by Crippen LogP contribution is -2.46. The number of rotatable bonds is 5. The van der Waals surface area contributed by atoms with Crippen molar-refractivity contribution in [2.45, 2.75) is 31.4 Å². The number of carbonyl (C=O) groups is 1. The van der Waals surface area contributed by atoms with Gasteiger partial charge in [-0.05, 0) is 30.7 Å². The maximum atomic E-state index is 11.8. The summed E-state index contributed by atoms with van der Waals surface area (Å²) in [5, 5.41) is 12.0. The number of carbonyl (C=O) groups excluding carboxylic acids is 1. The Labute approximate surface area is 107 Å². The van der Waals surface area contributed by atoms with Crippen LogP contribution in [0.1, 0.15) is 18.4 Å². The second-order valence-electron chi connectivity index (χ2n) is 5.03. The van der Waals surface area contributed by atoms with Crippen LogP contribution in [0.5, 0.6) is 0 Å². The minimum absolute atomic E-state index is 0.111. The number of aliphatic hydroxyl groups is 1. The first-order valence-corrected chi connectivity index (χ1v) is 6.40. The third kappa shape index (κ3) is 3.55. The van der Waals surface area contributed by atoms with Crippen molar-refractivity contribution in [2.75, 3.05) is 6.54 Å². The SMILES string of the molecule is NC(Cc1ccccc1)C(=O)NCC1CC(O)C1. The minimum atomic E-state index is -0.502. The van der Waals surface area contributed by atoms with Gasteiger partial charge in [0.05, 0.1) is 12.1 Å². The van der Waals surface area contributed by atoms with E-state index < -0.39 is 6.04 Å². The van der Waals surface area contributed by atoms with Gasteiger partial charge in [-0.15, -0.1) is 0 Å². The van der Waals surface area contributed by atoms with Crippen LogP contribution in [0.25, 0.3) is 0 Å². The van der Waals surface area contributed by atoms with Crippen LogP contribution in [0.15, 0.2) is 30.3 Å². The summed E-state index contributed by atoms with van der Waals surface area (Å²) in [6, 6.07) is 9.25. The molecule has 0 bridgehead atoms. The van der Waals surface area contributed by atoms with E-state index in [0.717, 1.165) is 18.4 Å². The number of nitrogens with two attached hydrogens (primary N) is 1. The van der Waals surface area contributed by atoms with Gasteiger partial charge in [-0.1, -0.05) is 30.3 Å². The van der Waals surface area contributed by atoms with Gasteiger partial charge in [0.25, 0.3) is 0 Å². The molecule has 4 nitrogen and oxygen atoms in total. The summed E-state index contributed by atoms with van der Waals surface area (Å²) >= 11 is 0. The van der Waals surface area contributed by atoms with E-state index in [0.29, 0.717) is 18.9 Å². The van der Waals surface area contributed by atoms with Gasteiger partial charge in [-0.2, -0.15) is 0 Å². The van der Waals surface area contributed by atoms with Crippen molar-refractivity contribution < 1.29 is 9.90 Å². The van der Waals surface area contributed by atoms with E-state index in [-0.39, 0.29) is 12.0 Å². The van der Waals surface area contributed by atoms with Crippen LogP contribution in [-0.2, 0) is 11.2 Å². The number of amides is 1. The van der Waals surface area contributed by atoms with Crippen LogP contribution in [-0.4, -0.2) is 29.7 Å². The lowest BCUT2D eigenvalue weighted by Gasteiger charge is -2.31. The molecule has 0 spiro atoms. The van der Waals surface area contributed by atoms with Gasteiger partial charge >= 0.3 is 0 Å². The Hall–Kier alpha value is -1.39. The fourth-order valence-corrected chi connectivity index (χ4v) is 2.20. The van der Waals surface area contributed by atoms with Crippen LogP contribution < -0.4 is 11.1 Å². The van der Waals surface area contributed by atoms with E-state index in [1.54, 1.807) is 0 Å². The number of benzene rings is 1. The molecule has 0 heterocycles. The van der Waals surface area contributed by atoms with Crippen LogP contribution in [0.3, 0.4) is 0 Å². The van der Waals surface area contributed by atoms with Crippen LogP contribution in [0.2, 0.25) is 0 Å². The van der Waals surface area contributed by atoms with E-state index in [2.05, 4.69) is 5.32 Å². The summed E-state index contributed by atoms with van der Waals surface area (Å²) in [4.78, 5) is 11.8. The molecule has 0 radical (unpaired) electrons.